The van der Waals surface area contributed by atoms with Gasteiger partial charge < -0.3 is 24.5 Å². The molecule has 3 heterocycles. The number of aromatic nitrogens is 2. The minimum absolute atomic E-state index is 0.498. The van der Waals surface area contributed by atoms with Crippen molar-refractivity contribution in [3.05, 3.63) is 66.6 Å². The topological polar surface area (TPSA) is 81.4 Å². The monoisotopic (exact) mass is 374 g/mol. The van der Waals surface area contributed by atoms with E-state index in [9.17, 15) is 0 Å². The average molecular weight is 374 g/mol. The number of nitrogens with zero attached hydrogens (tertiary/aromatic N) is 2. The van der Waals surface area contributed by atoms with Crippen LogP contribution in [0, 0.1) is 0 Å². The summed E-state index contributed by atoms with van der Waals surface area (Å²) in [6.45, 7) is 1.65. The van der Waals surface area contributed by atoms with Gasteiger partial charge in [-0.15, -0.1) is 0 Å². The number of nitrogens with one attached hydrogen (secondary N) is 2. The number of furan rings is 1. The fraction of sp³-hybridized carbons (Fsp3) is 0.143. The number of fused-ring (bicyclic) bond motifs is 2. The highest BCUT2D eigenvalue weighted by atomic mass is 16.6. The highest BCUT2D eigenvalue weighted by Gasteiger charge is 2.13. The lowest BCUT2D eigenvalue weighted by atomic mass is 10.2. The molecule has 1 aliphatic rings. The van der Waals surface area contributed by atoms with Crippen molar-refractivity contribution in [2.45, 2.75) is 6.54 Å². The van der Waals surface area contributed by atoms with E-state index in [4.69, 9.17) is 13.9 Å². The van der Waals surface area contributed by atoms with Gasteiger partial charge in [0.1, 0.15) is 24.8 Å². The van der Waals surface area contributed by atoms with Crippen LogP contribution >= 0.6 is 0 Å². The smallest absolute Gasteiger partial charge is 0.229 e. The third-order valence-electron chi connectivity index (χ3n) is 4.41. The number of hydrogen-bond acceptors (Lipinski definition) is 7. The summed E-state index contributed by atoms with van der Waals surface area (Å²) >= 11 is 0. The molecule has 1 aliphatic heterocycles. The number of hydrogen-bond donors (Lipinski definition) is 2. The fourth-order valence-corrected chi connectivity index (χ4v) is 3.10. The molecular weight excluding hydrogens is 356 g/mol. The molecule has 0 aliphatic carbocycles. The molecule has 4 aromatic rings. The maximum atomic E-state index is 5.65. The summed E-state index contributed by atoms with van der Waals surface area (Å²) < 4.78 is 16.6. The number of benzene rings is 2. The second-order valence-corrected chi connectivity index (χ2v) is 6.33. The van der Waals surface area contributed by atoms with Crippen LogP contribution in [0.3, 0.4) is 0 Å². The van der Waals surface area contributed by atoms with Gasteiger partial charge in [-0.1, -0.05) is 12.1 Å². The average Bonchev–Trinajstić information content (AvgIpc) is 3.25. The van der Waals surface area contributed by atoms with Crippen molar-refractivity contribution in [2.75, 3.05) is 23.8 Å². The maximum Gasteiger partial charge on any atom is 0.229 e. The Kier molecular flexibility index (Phi) is 4.17. The molecule has 0 amide bonds. The first-order chi connectivity index (χ1) is 13.8. The first-order valence-electron chi connectivity index (χ1n) is 9.05. The molecular formula is C21H18N4O3. The largest absolute Gasteiger partial charge is 0.486 e. The highest BCUT2D eigenvalue weighted by molar-refractivity contribution is 5.90. The van der Waals surface area contributed by atoms with E-state index in [1.54, 1.807) is 6.26 Å². The molecule has 0 unspecified atom stereocenters. The van der Waals surface area contributed by atoms with Gasteiger partial charge in [-0.25, -0.2) is 4.98 Å². The molecule has 140 valence electrons. The molecule has 5 rings (SSSR count). The molecule has 0 saturated carbocycles. The third-order valence-corrected chi connectivity index (χ3v) is 4.41. The Hall–Kier alpha value is -3.74. The molecule has 0 atom stereocenters. The Bertz CT molecular complexity index is 1110. The van der Waals surface area contributed by atoms with Gasteiger partial charge >= 0.3 is 0 Å². The van der Waals surface area contributed by atoms with Crippen molar-refractivity contribution in [1.82, 2.24) is 9.97 Å². The summed E-state index contributed by atoms with van der Waals surface area (Å²) in [5, 5.41) is 7.54. The standard InChI is InChI=1S/C21H18N4O3/c1-2-6-17-16(5-1)20(22-13-15-4-3-9-26-15)25-21(24-17)23-14-7-8-18-19(12-14)28-11-10-27-18/h1-9,12H,10-11,13H2,(H2,22,23,24,25). The highest BCUT2D eigenvalue weighted by Crippen LogP contribution is 2.33. The number of anilines is 3. The Morgan fingerprint density at radius 3 is 2.68 bits per heavy atom. The summed E-state index contributed by atoms with van der Waals surface area (Å²) in [5.74, 6) is 3.54. The van der Waals surface area contributed by atoms with Crippen LogP contribution in [0.5, 0.6) is 11.5 Å². The van der Waals surface area contributed by atoms with Gasteiger partial charge in [-0.05, 0) is 36.4 Å². The molecule has 0 spiro atoms. The van der Waals surface area contributed by atoms with Crippen LogP contribution in [0.25, 0.3) is 10.9 Å². The van der Waals surface area contributed by atoms with E-state index < -0.39 is 0 Å². The van der Waals surface area contributed by atoms with E-state index in [0.29, 0.717) is 31.5 Å². The van der Waals surface area contributed by atoms with E-state index in [-0.39, 0.29) is 0 Å². The van der Waals surface area contributed by atoms with Crippen LogP contribution in [0.15, 0.2) is 65.3 Å². The Morgan fingerprint density at radius 1 is 0.893 bits per heavy atom. The van der Waals surface area contributed by atoms with Gasteiger partial charge in [0.2, 0.25) is 5.95 Å². The molecule has 2 N–H and O–H groups in total. The summed E-state index contributed by atoms with van der Waals surface area (Å²) in [6, 6.07) is 17.4. The number of rotatable bonds is 5. The van der Waals surface area contributed by atoms with Gasteiger partial charge in [-0.2, -0.15) is 4.98 Å². The lowest BCUT2D eigenvalue weighted by Gasteiger charge is -2.19. The van der Waals surface area contributed by atoms with Crippen LogP contribution in [-0.4, -0.2) is 23.2 Å². The third kappa shape index (κ3) is 3.29. The van der Waals surface area contributed by atoms with Crippen molar-refractivity contribution >= 4 is 28.4 Å². The summed E-state index contributed by atoms with van der Waals surface area (Å²) in [4.78, 5) is 9.29. The Morgan fingerprint density at radius 2 is 1.79 bits per heavy atom. The quantitative estimate of drug-likeness (QED) is 0.537. The molecule has 0 radical (unpaired) electrons. The minimum atomic E-state index is 0.498. The van der Waals surface area contributed by atoms with Crippen molar-refractivity contribution < 1.29 is 13.9 Å². The molecule has 7 heteroatoms. The van der Waals surface area contributed by atoms with Crippen molar-refractivity contribution in [3.8, 4) is 11.5 Å². The lowest BCUT2D eigenvalue weighted by Crippen LogP contribution is -2.15. The second-order valence-electron chi connectivity index (χ2n) is 6.33. The molecule has 2 aromatic carbocycles. The van der Waals surface area contributed by atoms with E-state index in [2.05, 4.69) is 20.6 Å². The number of ether oxygens (including phenoxy) is 2. The zero-order chi connectivity index (χ0) is 18.8. The first-order valence-corrected chi connectivity index (χ1v) is 9.05. The predicted octanol–water partition coefficient (Wildman–Crippen LogP) is 4.35. The van der Waals surface area contributed by atoms with Crippen molar-refractivity contribution in [2.24, 2.45) is 0 Å². The van der Waals surface area contributed by atoms with Crippen LogP contribution in [0.1, 0.15) is 5.76 Å². The molecule has 0 fully saturated rings. The van der Waals surface area contributed by atoms with E-state index in [0.717, 1.165) is 33.9 Å². The zero-order valence-corrected chi connectivity index (χ0v) is 15.0. The van der Waals surface area contributed by atoms with Crippen LogP contribution in [-0.2, 0) is 6.54 Å². The molecule has 7 nitrogen and oxygen atoms in total. The van der Waals surface area contributed by atoms with Crippen molar-refractivity contribution in [3.63, 3.8) is 0 Å². The first kappa shape index (κ1) is 16.4. The second kappa shape index (κ2) is 7.11. The van der Waals surface area contributed by atoms with Gasteiger partial charge in [0, 0.05) is 17.1 Å². The van der Waals surface area contributed by atoms with E-state index in [1.807, 2.05) is 54.6 Å². The SMILES string of the molecule is c1coc(CNc2nc(Nc3ccc4c(c3)OCCO4)nc3ccccc23)c1. The van der Waals surface area contributed by atoms with Crippen LogP contribution in [0.2, 0.25) is 0 Å². The summed E-state index contributed by atoms with van der Waals surface area (Å²) in [6.07, 6.45) is 1.66. The van der Waals surface area contributed by atoms with Gasteiger partial charge in [-0.3, -0.25) is 0 Å². The van der Waals surface area contributed by atoms with Gasteiger partial charge in [0.05, 0.1) is 18.3 Å². The molecule has 2 aromatic heterocycles. The van der Waals surface area contributed by atoms with Crippen LogP contribution in [0.4, 0.5) is 17.5 Å². The van der Waals surface area contributed by atoms with Gasteiger partial charge in [0.15, 0.2) is 11.5 Å². The molecule has 0 bridgehead atoms. The van der Waals surface area contributed by atoms with Crippen LogP contribution < -0.4 is 20.1 Å². The molecule has 28 heavy (non-hydrogen) atoms. The van der Waals surface area contributed by atoms with E-state index >= 15 is 0 Å². The minimum Gasteiger partial charge on any atom is -0.486 e. The molecule has 0 saturated heterocycles. The zero-order valence-electron chi connectivity index (χ0n) is 15.0. The Balaban J connectivity index is 1.45. The maximum absolute atomic E-state index is 5.65. The van der Waals surface area contributed by atoms with Crippen molar-refractivity contribution in [1.29, 1.82) is 0 Å². The number of para-hydroxylation sites is 1. The fourth-order valence-electron chi connectivity index (χ4n) is 3.10. The normalized spacial score (nSPS) is 12.7. The van der Waals surface area contributed by atoms with Gasteiger partial charge in [0.25, 0.3) is 0 Å². The predicted molar refractivity (Wildman–Crippen MR) is 106 cm³/mol. The lowest BCUT2D eigenvalue weighted by molar-refractivity contribution is 0.171. The van der Waals surface area contributed by atoms with E-state index in [1.165, 1.54) is 0 Å². The summed E-state index contributed by atoms with van der Waals surface area (Å²) in [5.41, 5.74) is 1.68. The summed E-state index contributed by atoms with van der Waals surface area (Å²) in [7, 11) is 0. The Labute approximate surface area is 161 Å².